The van der Waals surface area contributed by atoms with Gasteiger partial charge in [0.2, 0.25) is 11.3 Å². The van der Waals surface area contributed by atoms with E-state index in [1.54, 1.807) is 10.8 Å². The second-order valence-electron chi connectivity index (χ2n) is 6.99. The van der Waals surface area contributed by atoms with Gasteiger partial charge in [-0.1, -0.05) is 11.8 Å². The SMILES string of the molecule is COc1cn(CC(=O)NC[C@@H]2CCCO2)c(CSc2nc(C)cc(C)n2)cc1=O. The van der Waals surface area contributed by atoms with Crippen molar-refractivity contribution in [2.75, 3.05) is 20.3 Å². The number of nitrogens with zero attached hydrogens (tertiary/aromatic N) is 3. The standard InChI is InChI=1S/C20H26N4O4S/c1-13-7-14(2)23-20(22-13)29-12-15-8-17(25)18(27-3)10-24(15)11-19(26)21-9-16-5-4-6-28-16/h7-8,10,16H,4-6,9,11-12H2,1-3H3,(H,21,26)/t16-/m0/s1. The Bertz CT molecular complexity index is 905. The van der Waals surface area contributed by atoms with Crippen molar-refractivity contribution >= 4 is 17.7 Å². The lowest BCUT2D eigenvalue weighted by Crippen LogP contribution is -2.34. The molecule has 0 bridgehead atoms. The van der Waals surface area contributed by atoms with Gasteiger partial charge < -0.3 is 19.4 Å². The van der Waals surface area contributed by atoms with Crippen molar-refractivity contribution in [1.82, 2.24) is 19.9 Å². The first kappa shape index (κ1) is 21.3. The van der Waals surface area contributed by atoms with E-state index < -0.39 is 0 Å². The molecule has 1 amide bonds. The quantitative estimate of drug-likeness (QED) is 0.516. The molecule has 1 fully saturated rings. The number of thioether (sulfide) groups is 1. The van der Waals surface area contributed by atoms with Crippen LogP contribution in [0.15, 0.2) is 28.3 Å². The van der Waals surface area contributed by atoms with Crippen LogP contribution in [0.1, 0.15) is 29.9 Å². The van der Waals surface area contributed by atoms with Gasteiger partial charge in [-0.05, 0) is 32.8 Å². The maximum atomic E-state index is 12.4. The molecule has 0 aliphatic carbocycles. The molecule has 1 aliphatic heterocycles. The molecule has 3 heterocycles. The van der Waals surface area contributed by atoms with Crippen molar-refractivity contribution in [2.45, 2.75) is 50.2 Å². The van der Waals surface area contributed by atoms with Gasteiger partial charge in [-0.2, -0.15) is 0 Å². The lowest BCUT2D eigenvalue weighted by molar-refractivity contribution is -0.122. The molecule has 3 rings (SSSR count). The molecule has 9 heteroatoms. The van der Waals surface area contributed by atoms with Crippen molar-refractivity contribution < 1.29 is 14.3 Å². The molecule has 0 radical (unpaired) electrons. The first-order valence-electron chi connectivity index (χ1n) is 9.55. The lowest BCUT2D eigenvalue weighted by atomic mass is 10.2. The predicted octanol–water partition coefficient (Wildman–Crippen LogP) is 1.85. The van der Waals surface area contributed by atoms with Gasteiger partial charge in [0.1, 0.15) is 6.54 Å². The number of ether oxygens (including phenoxy) is 2. The minimum absolute atomic E-state index is 0.0826. The zero-order valence-corrected chi connectivity index (χ0v) is 17.8. The van der Waals surface area contributed by atoms with E-state index in [-0.39, 0.29) is 29.7 Å². The van der Waals surface area contributed by atoms with Crippen molar-refractivity contribution in [3.8, 4) is 5.75 Å². The zero-order valence-electron chi connectivity index (χ0n) is 16.9. The number of amides is 1. The Morgan fingerprint density at radius 1 is 1.34 bits per heavy atom. The van der Waals surface area contributed by atoms with Crippen LogP contribution in [0.2, 0.25) is 0 Å². The van der Waals surface area contributed by atoms with E-state index in [0.29, 0.717) is 23.1 Å². The average Bonchev–Trinajstić information content (AvgIpc) is 3.19. The van der Waals surface area contributed by atoms with Gasteiger partial charge in [0.25, 0.3) is 0 Å². The topological polar surface area (TPSA) is 95.3 Å². The van der Waals surface area contributed by atoms with Crippen LogP contribution in [-0.4, -0.2) is 46.8 Å². The summed E-state index contributed by atoms with van der Waals surface area (Å²) in [4.78, 5) is 33.5. The molecule has 0 aromatic carbocycles. The highest BCUT2D eigenvalue weighted by Crippen LogP contribution is 2.20. The van der Waals surface area contributed by atoms with Gasteiger partial charge in [-0.15, -0.1) is 0 Å². The van der Waals surface area contributed by atoms with Crippen molar-refractivity contribution in [2.24, 2.45) is 0 Å². The number of rotatable bonds is 8. The molecular formula is C20H26N4O4S. The van der Waals surface area contributed by atoms with E-state index >= 15 is 0 Å². The molecule has 156 valence electrons. The number of aryl methyl sites for hydroxylation is 2. The van der Waals surface area contributed by atoms with Crippen LogP contribution in [0.5, 0.6) is 5.75 Å². The number of hydrogen-bond acceptors (Lipinski definition) is 7. The van der Waals surface area contributed by atoms with Crippen molar-refractivity contribution in [1.29, 1.82) is 0 Å². The molecule has 1 atom stereocenters. The Labute approximate surface area is 174 Å². The number of pyridine rings is 1. The fourth-order valence-electron chi connectivity index (χ4n) is 3.16. The number of methoxy groups -OCH3 is 1. The Morgan fingerprint density at radius 3 is 2.76 bits per heavy atom. The second-order valence-corrected chi connectivity index (χ2v) is 7.93. The highest BCUT2D eigenvalue weighted by molar-refractivity contribution is 7.98. The molecule has 1 saturated heterocycles. The Hall–Kier alpha value is -2.39. The van der Waals surface area contributed by atoms with E-state index in [4.69, 9.17) is 9.47 Å². The third kappa shape index (κ3) is 6.04. The molecule has 1 N–H and O–H groups in total. The summed E-state index contributed by atoms with van der Waals surface area (Å²) in [7, 11) is 1.44. The van der Waals surface area contributed by atoms with Crippen LogP contribution in [0.25, 0.3) is 0 Å². The van der Waals surface area contributed by atoms with E-state index in [2.05, 4.69) is 15.3 Å². The minimum Gasteiger partial charge on any atom is -0.491 e. The summed E-state index contributed by atoms with van der Waals surface area (Å²) in [5, 5.41) is 3.54. The molecule has 2 aromatic rings. The summed E-state index contributed by atoms with van der Waals surface area (Å²) in [5.41, 5.74) is 2.26. The predicted molar refractivity (Wildman–Crippen MR) is 110 cm³/mol. The molecule has 29 heavy (non-hydrogen) atoms. The van der Waals surface area contributed by atoms with Crippen LogP contribution in [-0.2, 0) is 21.8 Å². The first-order valence-corrected chi connectivity index (χ1v) is 10.5. The van der Waals surface area contributed by atoms with Crippen LogP contribution < -0.4 is 15.5 Å². The summed E-state index contributed by atoms with van der Waals surface area (Å²) in [6.07, 6.45) is 3.65. The highest BCUT2D eigenvalue weighted by atomic mass is 32.2. The number of hydrogen-bond donors (Lipinski definition) is 1. The van der Waals surface area contributed by atoms with E-state index in [1.165, 1.54) is 24.9 Å². The average molecular weight is 419 g/mol. The summed E-state index contributed by atoms with van der Waals surface area (Å²) in [6.45, 7) is 5.17. The summed E-state index contributed by atoms with van der Waals surface area (Å²) in [6, 6.07) is 3.41. The molecule has 0 spiro atoms. The van der Waals surface area contributed by atoms with Gasteiger partial charge >= 0.3 is 0 Å². The number of aromatic nitrogens is 3. The molecule has 0 unspecified atom stereocenters. The Morgan fingerprint density at radius 2 is 2.10 bits per heavy atom. The summed E-state index contributed by atoms with van der Waals surface area (Å²) in [5.74, 6) is 0.523. The van der Waals surface area contributed by atoms with E-state index in [9.17, 15) is 9.59 Å². The fourth-order valence-corrected chi connectivity index (χ4v) is 4.10. The molecular weight excluding hydrogens is 392 g/mol. The van der Waals surface area contributed by atoms with Crippen molar-refractivity contribution in [3.05, 3.63) is 45.6 Å². The third-order valence-electron chi connectivity index (χ3n) is 4.58. The van der Waals surface area contributed by atoms with E-state index in [1.807, 2.05) is 19.9 Å². The normalized spacial score (nSPS) is 16.0. The van der Waals surface area contributed by atoms with Gasteiger partial charge in [0.15, 0.2) is 10.9 Å². The van der Waals surface area contributed by atoms with Gasteiger partial charge in [0.05, 0.1) is 19.4 Å². The van der Waals surface area contributed by atoms with Crippen LogP contribution in [0.3, 0.4) is 0 Å². The fraction of sp³-hybridized carbons (Fsp3) is 0.500. The highest BCUT2D eigenvalue weighted by Gasteiger charge is 2.17. The maximum absolute atomic E-state index is 12.4. The Balaban J connectivity index is 1.72. The molecule has 0 saturated carbocycles. The molecule has 2 aromatic heterocycles. The largest absolute Gasteiger partial charge is 0.491 e. The second kappa shape index (κ2) is 9.89. The van der Waals surface area contributed by atoms with Gasteiger partial charge in [-0.25, -0.2) is 9.97 Å². The monoisotopic (exact) mass is 418 g/mol. The smallest absolute Gasteiger partial charge is 0.240 e. The van der Waals surface area contributed by atoms with Crippen LogP contribution in [0.4, 0.5) is 0 Å². The van der Waals surface area contributed by atoms with Gasteiger partial charge in [-0.3, -0.25) is 9.59 Å². The van der Waals surface area contributed by atoms with Crippen molar-refractivity contribution in [3.63, 3.8) is 0 Å². The van der Waals surface area contributed by atoms with E-state index in [0.717, 1.165) is 30.8 Å². The molecule has 1 aliphatic rings. The van der Waals surface area contributed by atoms with Crippen LogP contribution >= 0.6 is 11.8 Å². The van der Waals surface area contributed by atoms with Gasteiger partial charge in [0, 0.05) is 42.1 Å². The third-order valence-corrected chi connectivity index (χ3v) is 5.46. The maximum Gasteiger partial charge on any atom is 0.240 e. The summed E-state index contributed by atoms with van der Waals surface area (Å²) >= 11 is 1.42. The minimum atomic E-state index is -0.222. The summed E-state index contributed by atoms with van der Waals surface area (Å²) < 4.78 is 12.4. The first-order chi connectivity index (χ1) is 13.9. The number of carbonyl (C=O) groups excluding carboxylic acids is 1. The Kier molecular flexibility index (Phi) is 7.27. The van der Waals surface area contributed by atoms with Crippen LogP contribution in [0, 0.1) is 13.8 Å². The number of nitrogens with one attached hydrogen (secondary N) is 1. The lowest BCUT2D eigenvalue weighted by Gasteiger charge is -2.16. The molecule has 8 nitrogen and oxygen atoms in total. The zero-order chi connectivity index (χ0) is 20.8. The number of carbonyl (C=O) groups is 1.